The topological polar surface area (TPSA) is 61.4 Å². The van der Waals surface area contributed by atoms with Gasteiger partial charge in [0.1, 0.15) is 11.8 Å². The molecule has 1 saturated heterocycles. The van der Waals surface area contributed by atoms with Crippen LogP contribution in [0.25, 0.3) is 0 Å². The van der Waals surface area contributed by atoms with Gasteiger partial charge in [0.05, 0.1) is 19.3 Å². The van der Waals surface area contributed by atoms with Crippen molar-refractivity contribution < 1.29 is 9.84 Å². The molecule has 0 aliphatic carbocycles. The van der Waals surface area contributed by atoms with E-state index >= 15 is 0 Å². The lowest BCUT2D eigenvalue weighted by molar-refractivity contribution is -0.0297. The zero-order chi connectivity index (χ0) is 17.1. The van der Waals surface area contributed by atoms with Gasteiger partial charge in [0, 0.05) is 36.8 Å². The molecule has 24 heavy (non-hydrogen) atoms. The lowest BCUT2D eigenvalue weighted by atomic mass is 10.0. The van der Waals surface area contributed by atoms with Crippen molar-refractivity contribution >= 4 is 11.3 Å². The van der Waals surface area contributed by atoms with E-state index in [-0.39, 0.29) is 6.04 Å². The van der Waals surface area contributed by atoms with E-state index in [4.69, 9.17) is 4.74 Å². The predicted octanol–water partition coefficient (Wildman–Crippen LogP) is 2.59. The number of hydrogen-bond donors (Lipinski definition) is 1. The smallest absolute Gasteiger partial charge is 0.120 e. The predicted molar refractivity (Wildman–Crippen MR) is 93.8 cm³/mol. The second kappa shape index (κ2) is 7.49. The van der Waals surface area contributed by atoms with Crippen LogP contribution in [0.5, 0.6) is 0 Å². The highest BCUT2D eigenvalue weighted by Gasteiger charge is 2.27. The Labute approximate surface area is 146 Å². The van der Waals surface area contributed by atoms with E-state index in [0.717, 1.165) is 23.7 Å². The highest BCUT2D eigenvalue weighted by molar-refractivity contribution is 7.10. The Balaban J connectivity index is 1.72. The minimum absolute atomic E-state index is 0.181. The van der Waals surface area contributed by atoms with Gasteiger partial charge in [-0.2, -0.15) is 5.26 Å². The van der Waals surface area contributed by atoms with Crippen LogP contribution in [0.15, 0.2) is 23.6 Å². The summed E-state index contributed by atoms with van der Waals surface area (Å²) in [7, 11) is 1.93. The van der Waals surface area contributed by atoms with E-state index < -0.39 is 6.10 Å². The maximum absolute atomic E-state index is 10.5. The number of ether oxygens (including phenoxy) is 1. The van der Waals surface area contributed by atoms with Crippen molar-refractivity contribution in [3.05, 3.63) is 45.4 Å². The lowest BCUT2D eigenvalue weighted by Crippen LogP contribution is -2.45. The molecule has 128 valence electrons. The van der Waals surface area contributed by atoms with E-state index in [1.165, 1.54) is 5.56 Å². The third-order valence-electron chi connectivity index (χ3n) is 4.84. The van der Waals surface area contributed by atoms with Gasteiger partial charge in [-0.05, 0) is 36.4 Å². The van der Waals surface area contributed by atoms with Crippen molar-refractivity contribution in [1.82, 2.24) is 9.47 Å². The molecule has 5 nitrogen and oxygen atoms in total. The number of hydrogen-bond acceptors (Lipinski definition) is 5. The second-order valence-corrected chi connectivity index (χ2v) is 7.26. The first-order valence-corrected chi connectivity index (χ1v) is 9.06. The van der Waals surface area contributed by atoms with Crippen LogP contribution >= 0.6 is 11.3 Å². The normalized spacial score (nSPS) is 20.0. The highest BCUT2D eigenvalue weighted by atomic mass is 32.1. The Morgan fingerprint density at radius 1 is 1.54 bits per heavy atom. The Kier molecular flexibility index (Phi) is 5.36. The van der Waals surface area contributed by atoms with Crippen LogP contribution in [0.3, 0.4) is 0 Å². The summed E-state index contributed by atoms with van der Waals surface area (Å²) in [6, 6.07) is 8.33. The molecule has 0 radical (unpaired) electrons. The fourth-order valence-electron chi connectivity index (χ4n) is 3.22. The number of morpholine rings is 1. The molecule has 2 unspecified atom stereocenters. The molecule has 0 aromatic carbocycles. The minimum atomic E-state index is -0.453. The number of thiophene rings is 1. The summed E-state index contributed by atoms with van der Waals surface area (Å²) in [5, 5.41) is 21.7. The quantitative estimate of drug-likeness (QED) is 0.905. The molecule has 3 rings (SSSR count). The minimum Gasteiger partial charge on any atom is -0.388 e. The molecule has 3 heterocycles. The highest BCUT2D eigenvalue weighted by Crippen LogP contribution is 2.27. The number of aliphatic hydroxyl groups is 1. The van der Waals surface area contributed by atoms with Gasteiger partial charge >= 0.3 is 0 Å². The molecule has 2 atom stereocenters. The van der Waals surface area contributed by atoms with Crippen LogP contribution in [0.1, 0.15) is 34.4 Å². The van der Waals surface area contributed by atoms with Crippen molar-refractivity contribution in [2.75, 3.05) is 19.8 Å². The van der Waals surface area contributed by atoms with E-state index in [1.54, 1.807) is 11.3 Å². The average molecular weight is 345 g/mol. The SMILES string of the molecule is Cc1c(CN2CCOCC2CC(O)c2cccs2)cc(C#N)n1C. The third-order valence-corrected chi connectivity index (χ3v) is 5.82. The lowest BCUT2D eigenvalue weighted by Gasteiger charge is -2.36. The zero-order valence-corrected chi connectivity index (χ0v) is 14.9. The van der Waals surface area contributed by atoms with Crippen LogP contribution < -0.4 is 0 Å². The van der Waals surface area contributed by atoms with E-state index in [2.05, 4.69) is 11.0 Å². The van der Waals surface area contributed by atoms with Gasteiger partial charge in [-0.15, -0.1) is 11.3 Å². The Hall–Kier alpha value is -1.65. The molecule has 0 amide bonds. The van der Waals surface area contributed by atoms with Gasteiger partial charge in [-0.25, -0.2) is 0 Å². The fraction of sp³-hybridized carbons (Fsp3) is 0.500. The summed E-state index contributed by atoms with van der Waals surface area (Å²) in [6.07, 6.45) is 0.211. The summed E-state index contributed by atoms with van der Waals surface area (Å²) in [6.45, 7) is 5.03. The van der Waals surface area contributed by atoms with Gasteiger partial charge in [-0.3, -0.25) is 4.90 Å². The van der Waals surface area contributed by atoms with Gasteiger partial charge in [0.25, 0.3) is 0 Å². The molecule has 0 bridgehead atoms. The Morgan fingerprint density at radius 3 is 3.04 bits per heavy atom. The van der Waals surface area contributed by atoms with Gasteiger partial charge in [-0.1, -0.05) is 6.07 Å². The first-order valence-electron chi connectivity index (χ1n) is 8.18. The summed E-state index contributed by atoms with van der Waals surface area (Å²) in [5.41, 5.74) is 2.98. The van der Waals surface area contributed by atoms with Gasteiger partial charge in [0.2, 0.25) is 0 Å². The summed E-state index contributed by atoms with van der Waals surface area (Å²) >= 11 is 1.59. The van der Waals surface area contributed by atoms with E-state index in [1.807, 2.05) is 42.1 Å². The van der Waals surface area contributed by atoms with Crippen LogP contribution in [-0.2, 0) is 18.3 Å². The maximum atomic E-state index is 10.5. The first-order chi connectivity index (χ1) is 11.6. The standard InChI is InChI=1S/C18H23N3O2S/c1-13-14(8-15(10-19)20(13)2)11-21-5-6-23-12-16(21)9-17(22)18-4-3-7-24-18/h3-4,7-8,16-17,22H,5-6,9,11-12H2,1-2H3. The van der Waals surface area contributed by atoms with Gasteiger partial charge < -0.3 is 14.4 Å². The maximum Gasteiger partial charge on any atom is 0.120 e. The summed E-state index contributed by atoms with van der Waals surface area (Å²) < 4.78 is 7.58. The Bertz CT molecular complexity index is 717. The molecule has 1 aliphatic heterocycles. The van der Waals surface area contributed by atoms with Crippen LogP contribution in [0, 0.1) is 18.3 Å². The number of nitriles is 1. The van der Waals surface area contributed by atoms with Gasteiger partial charge in [0.15, 0.2) is 0 Å². The number of aromatic nitrogens is 1. The fourth-order valence-corrected chi connectivity index (χ4v) is 3.94. The van der Waals surface area contributed by atoms with Crippen LogP contribution in [0.4, 0.5) is 0 Å². The second-order valence-electron chi connectivity index (χ2n) is 6.28. The molecular weight excluding hydrogens is 322 g/mol. The van der Waals surface area contributed by atoms with Crippen molar-refractivity contribution in [3.8, 4) is 6.07 Å². The summed E-state index contributed by atoms with van der Waals surface area (Å²) in [5.74, 6) is 0. The number of nitrogens with zero attached hydrogens (tertiary/aromatic N) is 3. The molecule has 6 heteroatoms. The molecule has 2 aromatic heterocycles. The molecule has 2 aromatic rings. The first kappa shape index (κ1) is 17.2. The largest absolute Gasteiger partial charge is 0.388 e. The summed E-state index contributed by atoms with van der Waals surface area (Å²) in [4.78, 5) is 3.37. The zero-order valence-electron chi connectivity index (χ0n) is 14.1. The van der Waals surface area contributed by atoms with E-state index in [9.17, 15) is 10.4 Å². The molecule has 1 fully saturated rings. The molecule has 1 aliphatic rings. The average Bonchev–Trinajstić information content (AvgIpc) is 3.21. The number of rotatable bonds is 5. The monoisotopic (exact) mass is 345 g/mol. The molecule has 0 saturated carbocycles. The van der Waals surface area contributed by atoms with Crippen molar-refractivity contribution in [3.63, 3.8) is 0 Å². The van der Waals surface area contributed by atoms with Crippen LogP contribution in [-0.4, -0.2) is 40.4 Å². The van der Waals surface area contributed by atoms with Crippen LogP contribution in [0.2, 0.25) is 0 Å². The Morgan fingerprint density at radius 2 is 2.38 bits per heavy atom. The van der Waals surface area contributed by atoms with E-state index in [0.29, 0.717) is 25.3 Å². The molecule has 0 spiro atoms. The molecule has 1 N–H and O–H groups in total. The van der Waals surface area contributed by atoms with Crippen molar-refractivity contribution in [2.45, 2.75) is 32.0 Å². The van der Waals surface area contributed by atoms with Crippen molar-refractivity contribution in [2.24, 2.45) is 7.05 Å². The molecular formula is C18H23N3O2S. The van der Waals surface area contributed by atoms with Crippen molar-refractivity contribution in [1.29, 1.82) is 5.26 Å². The number of aliphatic hydroxyl groups excluding tert-OH is 1. The third kappa shape index (κ3) is 3.55.